The van der Waals surface area contributed by atoms with Gasteiger partial charge >= 0.3 is 0 Å². The van der Waals surface area contributed by atoms with Crippen LogP contribution in [0.1, 0.15) is 48.6 Å². The van der Waals surface area contributed by atoms with Crippen molar-refractivity contribution in [3.8, 4) is 0 Å². The second-order valence-corrected chi connectivity index (χ2v) is 5.57. The van der Waals surface area contributed by atoms with Crippen LogP contribution in [0.3, 0.4) is 0 Å². The van der Waals surface area contributed by atoms with Crippen LogP contribution in [0.2, 0.25) is 0 Å². The maximum absolute atomic E-state index is 13.2. The van der Waals surface area contributed by atoms with Crippen LogP contribution in [-0.2, 0) is 4.74 Å². The third-order valence-electron chi connectivity index (χ3n) is 3.56. The minimum absolute atomic E-state index is 0.0465. The van der Waals surface area contributed by atoms with E-state index >= 15 is 0 Å². The Morgan fingerprint density at radius 2 is 2.28 bits per heavy atom. The highest BCUT2D eigenvalue weighted by molar-refractivity contribution is 6.20. The van der Waals surface area contributed by atoms with Gasteiger partial charge in [-0.15, -0.1) is 11.6 Å². The van der Waals surface area contributed by atoms with Crippen LogP contribution in [-0.4, -0.2) is 12.7 Å². The zero-order valence-electron chi connectivity index (χ0n) is 10.8. The molecule has 1 aliphatic rings. The fourth-order valence-electron chi connectivity index (χ4n) is 2.40. The van der Waals surface area contributed by atoms with Gasteiger partial charge in [-0.25, -0.2) is 4.39 Å². The Labute approximate surface area is 113 Å². The lowest BCUT2D eigenvalue weighted by molar-refractivity contribution is 0.0100. The largest absolute Gasteiger partial charge is 0.378 e. The lowest BCUT2D eigenvalue weighted by atomic mass is 10.00. The second-order valence-electron chi connectivity index (χ2n) is 5.04. The highest BCUT2D eigenvalue weighted by Gasteiger charge is 2.17. The number of benzene rings is 1. The van der Waals surface area contributed by atoms with Crippen molar-refractivity contribution in [3.05, 3.63) is 35.1 Å². The zero-order valence-corrected chi connectivity index (χ0v) is 11.5. The maximum Gasteiger partial charge on any atom is 0.126 e. The van der Waals surface area contributed by atoms with Crippen molar-refractivity contribution in [1.29, 1.82) is 0 Å². The third-order valence-corrected chi connectivity index (χ3v) is 4.03. The summed E-state index contributed by atoms with van der Waals surface area (Å²) < 4.78 is 18.9. The average molecular weight is 271 g/mol. The van der Waals surface area contributed by atoms with Crippen LogP contribution in [0.25, 0.3) is 0 Å². The van der Waals surface area contributed by atoms with Gasteiger partial charge in [-0.3, -0.25) is 0 Å². The van der Waals surface area contributed by atoms with E-state index in [1.807, 2.05) is 6.07 Å². The molecule has 1 heterocycles. The molecule has 1 aromatic carbocycles. The molecular formula is C15H20ClFO. The molecule has 2 rings (SSSR count). The minimum atomic E-state index is -0.168. The number of ether oxygens (including phenoxy) is 1. The molecule has 3 heteroatoms. The van der Waals surface area contributed by atoms with Crippen LogP contribution in [0, 0.1) is 12.7 Å². The number of halogens is 2. The summed E-state index contributed by atoms with van der Waals surface area (Å²) in [6.45, 7) is 2.65. The molecule has 18 heavy (non-hydrogen) atoms. The van der Waals surface area contributed by atoms with Crippen LogP contribution >= 0.6 is 11.6 Å². The highest BCUT2D eigenvalue weighted by Crippen LogP contribution is 2.29. The summed E-state index contributed by atoms with van der Waals surface area (Å²) in [5, 5.41) is -0.0465. The molecule has 0 bridgehead atoms. The molecule has 0 amide bonds. The molecular weight excluding hydrogens is 251 g/mol. The molecule has 0 saturated carbocycles. The number of rotatable bonds is 4. The lowest BCUT2D eigenvalue weighted by Gasteiger charge is -2.23. The van der Waals surface area contributed by atoms with Crippen molar-refractivity contribution < 1.29 is 9.13 Å². The highest BCUT2D eigenvalue weighted by atomic mass is 35.5. The van der Waals surface area contributed by atoms with E-state index in [2.05, 4.69) is 0 Å². The molecule has 100 valence electrons. The van der Waals surface area contributed by atoms with Gasteiger partial charge in [-0.05, 0) is 56.2 Å². The first-order valence-electron chi connectivity index (χ1n) is 6.68. The Morgan fingerprint density at radius 3 is 2.94 bits per heavy atom. The van der Waals surface area contributed by atoms with E-state index in [4.69, 9.17) is 16.3 Å². The van der Waals surface area contributed by atoms with Gasteiger partial charge in [-0.1, -0.05) is 12.1 Å². The molecule has 2 atom stereocenters. The van der Waals surface area contributed by atoms with E-state index in [1.54, 1.807) is 13.0 Å². The quantitative estimate of drug-likeness (QED) is 0.717. The summed E-state index contributed by atoms with van der Waals surface area (Å²) in [6.07, 6.45) is 5.82. The van der Waals surface area contributed by atoms with E-state index in [0.717, 1.165) is 31.4 Å². The topological polar surface area (TPSA) is 9.23 Å². The van der Waals surface area contributed by atoms with E-state index in [-0.39, 0.29) is 11.2 Å². The molecule has 0 aliphatic carbocycles. The molecule has 1 aromatic rings. The normalized spacial score (nSPS) is 21.8. The average Bonchev–Trinajstić information content (AvgIpc) is 2.40. The molecule has 0 radical (unpaired) electrons. The summed E-state index contributed by atoms with van der Waals surface area (Å²) in [4.78, 5) is 0. The van der Waals surface area contributed by atoms with E-state index in [9.17, 15) is 4.39 Å². The van der Waals surface area contributed by atoms with Crippen molar-refractivity contribution >= 4 is 11.6 Å². The number of alkyl halides is 1. The predicted octanol–water partition coefficient (Wildman–Crippen LogP) is 4.76. The molecule has 1 nitrogen and oxygen atoms in total. The van der Waals surface area contributed by atoms with Gasteiger partial charge in [0.15, 0.2) is 0 Å². The number of hydrogen-bond donors (Lipinski definition) is 0. The predicted molar refractivity (Wildman–Crippen MR) is 72.6 cm³/mol. The molecule has 2 unspecified atom stereocenters. The summed E-state index contributed by atoms with van der Waals surface area (Å²) in [5.41, 5.74) is 1.67. The smallest absolute Gasteiger partial charge is 0.126 e. The Balaban J connectivity index is 1.86. The number of aryl methyl sites for hydroxylation is 1. The van der Waals surface area contributed by atoms with Gasteiger partial charge in [0.2, 0.25) is 0 Å². The summed E-state index contributed by atoms with van der Waals surface area (Å²) in [6, 6.07) is 5.12. The summed E-state index contributed by atoms with van der Waals surface area (Å²) in [7, 11) is 0. The van der Waals surface area contributed by atoms with E-state index in [1.165, 1.54) is 18.9 Å². The monoisotopic (exact) mass is 270 g/mol. The first-order chi connectivity index (χ1) is 8.66. The first kappa shape index (κ1) is 13.8. The molecule has 1 saturated heterocycles. The van der Waals surface area contributed by atoms with Crippen molar-refractivity contribution in [2.75, 3.05) is 6.61 Å². The Bertz CT molecular complexity index is 388. The standard InChI is InChI=1S/C15H20ClFO/c1-11-10-12(5-8-15(11)17)14(16)7-6-13-4-2-3-9-18-13/h5,8,10,13-14H,2-4,6-7,9H2,1H3. The van der Waals surface area contributed by atoms with E-state index in [0.29, 0.717) is 11.7 Å². The minimum Gasteiger partial charge on any atom is -0.378 e. The van der Waals surface area contributed by atoms with Gasteiger partial charge < -0.3 is 4.74 Å². The molecule has 0 N–H and O–H groups in total. The first-order valence-corrected chi connectivity index (χ1v) is 7.12. The third kappa shape index (κ3) is 3.69. The molecule has 1 aliphatic heterocycles. The maximum atomic E-state index is 13.2. The van der Waals surface area contributed by atoms with Crippen LogP contribution in [0.15, 0.2) is 18.2 Å². The summed E-state index contributed by atoms with van der Waals surface area (Å²) >= 11 is 6.37. The van der Waals surface area contributed by atoms with Gasteiger partial charge in [0.05, 0.1) is 11.5 Å². The Kier molecular flexibility index (Phi) is 5.02. The van der Waals surface area contributed by atoms with Gasteiger partial charge in [0.25, 0.3) is 0 Å². The lowest BCUT2D eigenvalue weighted by Crippen LogP contribution is -2.19. The zero-order chi connectivity index (χ0) is 13.0. The fraction of sp³-hybridized carbons (Fsp3) is 0.600. The molecule has 0 spiro atoms. The van der Waals surface area contributed by atoms with Crippen molar-refractivity contribution in [2.24, 2.45) is 0 Å². The molecule has 0 aromatic heterocycles. The van der Waals surface area contributed by atoms with Gasteiger partial charge in [0.1, 0.15) is 5.82 Å². The second kappa shape index (κ2) is 6.53. The van der Waals surface area contributed by atoms with Crippen LogP contribution in [0.4, 0.5) is 4.39 Å². The van der Waals surface area contributed by atoms with Crippen LogP contribution in [0.5, 0.6) is 0 Å². The van der Waals surface area contributed by atoms with Crippen molar-refractivity contribution in [3.63, 3.8) is 0 Å². The summed E-state index contributed by atoms with van der Waals surface area (Å²) in [5.74, 6) is -0.168. The van der Waals surface area contributed by atoms with Crippen molar-refractivity contribution in [1.82, 2.24) is 0 Å². The number of hydrogen-bond acceptors (Lipinski definition) is 1. The van der Waals surface area contributed by atoms with Gasteiger partial charge in [0, 0.05) is 6.61 Å². The van der Waals surface area contributed by atoms with Gasteiger partial charge in [-0.2, -0.15) is 0 Å². The molecule has 1 fully saturated rings. The SMILES string of the molecule is Cc1cc(C(Cl)CCC2CCCCO2)ccc1F. The Morgan fingerprint density at radius 1 is 1.44 bits per heavy atom. The fourth-order valence-corrected chi connectivity index (χ4v) is 2.66. The van der Waals surface area contributed by atoms with E-state index < -0.39 is 0 Å². The van der Waals surface area contributed by atoms with Crippen LogP contribution < -0.4 is 0 Å². The van der Waals surface area contributed by atoms with Crippen molar-refractivity contribution in [2.45, 2.75) is 50.5 Å². The Hall–Kier alpha value is -0.600.